The number of anilines is 2. The largest absolute Gasteiger partial charge is 0.495 e. The van der Waals surface area contributed by atoms with Crippen molar-refractivity contribution in [2.45, 2.75) is 13.8 Å². The van der Waals surface area contributed by atoms with Crippen molar-refractivity contribution < 1.29 is 19.2 Å². The molecule has 1 aliphatic rings. The summed E-state index contributed by atoms with van der Waals surface area (Å²) in [5.41, 5.74) is 3.36. The highest BCUT2D eigenvalue weighted by molar-refractivity contribution is 6.46. The van der Waals surface area contributed by atoms with E-state index in [1.165, 1.54) is 31.4 Å². The first kappa shape index (κ1) is 21.8. The molecule has 33 heavy (non-hydrogen) atoms. The van der Waals surface area contributed by atoms with Gasteiger partial charge in [0.25, 0.3) is 17.5 Å². The second-order valence-electron chi connectivity index (χ2n) is 7.66. The Morgan fingerprint density at radius 1 is 0.879 bits per heavy atom. The van der Waals surface area contributed by atoms with Gasteiger partial charge in [0.15, 0.2) is 0 Å². The third kappa shape index (κ3) is 4.06. The quantitative estimate of drug-likeness (QED) is 0.339. The van der Waals surface area contributed by atoms with Crippen LogP contribution in [0.4, 0.5) is 17.1 Å². The highest BCUT2D eigenvalue weighted by Gasteiger charge is 2.40. The Balaban J connectivity index is 1.85. The molecule has 0 atom stereocenters. The standard InChI is InChI=1S/C25H21N3O5/c1-15-4-9-18(10-5-15)27-24(29)22(17-7-11-19(12-8-17)28(31)32)23(25(27)30)26-20-14-16(2)6-13-21(20)33-3/h4-14,26H,1-3H3. The van der Waals surface area contributed by atoms with Gasteiger partial charge in [-0.05, 0) is 61.4 Å². The van der Waals surface area contributed by atoms with Crippen LogP contribution < -0.4 is 15.0 Å². The summed E-state index contributed by atoms with van der Waals surface area (Å²) in [6.07, 6.45) is 0. The maximum Gasteiger partial charge on any atom is 0.282 e. The SMILES string of the molecule is COc1ccc(C)cc1NC1=C(c2ccc([N+](=O)[O-])cc2)C(=O)N(c2ccc(C)cc2)C1=O. The predicted molar refractivity (Wildman–Crippen MR) is 125 cm³/mol. The van der Waals surface area contributed by atoms with Crippen LogP contribution in [0.25, 0.3) is 5.57 Å². The van der Waals surface area contributed by atoms with Crippen molar-refractivity contribution in [1.82, 2.24) is 0 Å². The number of carbonyl (C=O) groups excluding carboxylic acids is 2. The second-order valence-corrected chi connectivity index (χ2v) is 7.66. The second kappa shape index (κ2) is 8.58. The first-order valence-electron chi connectivity index (χ1n) is 10.2. The number of hydrogen-bond acceptors (Lipinski definition) is 6. The molecule has 0 saturated heterocycles. The summed E-state index contributed by atoms with van der Waals surface area (Å²) in [6, 6.07) is 18.0. The van der Waals surface area contributed by atoms with E-state index in [9.17, 15) is 19.7 Å². The number of benzene rings is 3. The maximum atomic E-state index is 13.5. The summed E-state index contributed by atoms with van der Waals surface area (Å²) in [5.74, 6) is -0.544. The Hall–Kier alpha value is -4.46. The number of nitrogens with one attached hydrogen (secondary N) is 1. The Bertz CT molecular complexity index is 1290. The molecule has 2 amide bonds. The van der Waals surface area contributed by atoms with Crippen molar-refractivity contribution in [3.63, 3.8) is 0 Å². The van der Waals surface area contributed by atoms with Crippen molar-refractivity contribution in [2.24, 2.45) is 0 Å². The van der Waals surface area contributed by atoms with E-state index in [2.05, 4.69) is 5.32 Å². The van der Waals surface area contributed by atoms with Crippen LogP contribution in [0.15, 0.2) is 72.4 Å². The highest BCUT2D eigenvalue weighted by atomic mass is 16.6. The highest BCUT2D eigenvalue weighted by Crippen LogP contribution is 2.36. The Morgan fingerprint density at radius 2 is 1.52 bits per heavy atom. The molecule has 0 saturated carbocycles. The first-order valence-corrected chi connectivity index (χ1v) is 10.2. The van der Waals surface area contributed by atoms with Crippen LogP contribution in [0.3, 0.4) is 0 Å². The van der Waals surface area contributed by atoms with Gasteiger partial charge in [-0.1, -0.05) is 23.8 Å². The van der Waals surface area contributed by atoms with E-state index in [1.807, 2.05) is 38.1 Å². The minimum Gasteiger partial charge on any atom is -0.495 e. The van der Waals surface area contributed by atoms with Gasteiger partial charge < -0.3 is 10.1 Å². The average Bonchev–Trinajstić information content (AvgIpc) is 3.04. The minimum absolute atomic E-state index is 0.0679. The first-order chi connectivity index (χ1) is 15.8. The third-order valence-electron chi connectivity index (χ3n) is 5.36. The predicted octanol–water partition coefficient (Wildman–Crippen LogP) is 4.62. The molecule has 0 radical (unpaired) electrons. The zero-order chi connectivity index (χ0) is 23.7. The van der Waals surface area contributed by atoms with Gasteiger partial charge in [0.05, 0.1) is 29.0 Å². The lowest BCUT2D eigenvalue weighted by Crippen LogP contribution is -2.32. The summed E-state index contributed by atoms with van der Waals surface area (Å²) in [5, 5.41) is 14.1. The van der Waals surface area contributed by atoms with E-state index < -0.39 is 16.7 Å². The summed E-state index contributed by atoms with van der Waals surface area (Å²) in [6.45, 7) is 3.81. The number of aryl methyl sites for hydroxylation is 2. The van der Waals surface area contributed by atoms with Crippen LogP contribution in [0.2, 0.25) is 0 Å². The van der Waals surface area contributed by atoms with E-state index in [0.29, 0.717) is 22.7 Å². The van der Waals surface area contributed by atoms with Crippen LogP contribution in [0, 0.1) is 24.0 Å². The number of hydrogen-bond donors (Lipinski definition) is 1. The molecule has 0 fully saturated rings. The van der Waals surface area contributed by atoms with Crippen LogP contribution >= 0.6 is 0 Å². The molecular weight excluding hydrogens is 422 g/mol. The number of nitrogens with zero attached hydrogens (tertiary/aromatic N) is 2. The van der Waals surface area contributed by atoms with Crippen molar-refractivity contribution in [2.75, 3.05) is 17.3 Å². The lowest BCUT2D eigenvalue weighted by atomic mass is 10.0. The number of rotatable bonds is 6. The fraction of sp³-hybridized carbons (Fsp3) is 0.120. The van der Waals surface area contributed by atoms with Gasteiger partial charge >= 0.3 is 0 Å². The van der Waals surface area contributed by atoms with Gasteiger partial charge in [0.1, 0.15) is 11.4 Å². The fourth-order valence-electron chi connectivity index (χ4n) is 3.65. The number of nitro benzene ring substituents is 1. The van der Waals surface area contributed by atoms with Crippen molar-refractivity contribution >= 4 is 34.4 Å². The molecule has 0 unspecified atom stereocenters. The van der Waals surface area contributed by atoms with Crippen LogP contribution in [-0.4, -0.2) is 23.8 Å². The van der Waals surface area contributed by atoms with Crippen molar-refractivity contribution in [3.8, 4) is 5.75 Å². The van der Waals surface area contributed by atoms with E-state index in [0.717, 1.165) is 16.0 Å². The van der Waals surface area contributed by atoms with Gasteiger partial charge in [0.2, 0.25) is 0 Å². The molecule has 0 aliphatic carbocycles. The Labute approximate surface area is 190 Å². The summed E-state index contributed by atoms with van der Waals surface area (Å²) in [7, 11) is 1.52. The molecule has 3 aromatic carbocycles. The third-order valence-corrected chi connectivity index (χ3v) is 5.36. The molecule has 4 rings (SSSR count). The smallest absolute Gasteiger partial charge is 0.282 e. The number of carbonyl (C=O) groups is 2. The van der Waals surface area contributed by atoms with Gasteiger partial charge in [-0.2, -0.15) is 0 Å². The normalized spacial score (nSPS) is 13.5. The summed E-state index contributed by atoms with van der Waals surface area (Å²) in [4.78, 5) is 38.6. The summed E-state index contributed by atoms with van der Waals surface area (Å²) >= 11 is 0. The van der Waals surface area contributed by atoms with Gasteiger partial charge in [0, 0.05) is 12.1 Å². The molecule has 8 heteroatoms. The molecule has 1 heterocycles. The Kier molecular flexibility index (Phi) is 5.66. The number of amides is 2. The lowest BCUT2D eigenvalue weighted by molar-refractivity contribution is -0.384. The molecule has 0 bridgehead atoms. The molecular formula is C25H21N3O5. The molecule has 1 aliphatic heterocycles. The van der Waals surface area contributed by atoms with Gasteiger partial charge in [-0.25, -0.2) is 4.90 Å². The van der Waals surface area contributed by atoms with Gasteiger partial charge in [-0.3, -0.25) is 19.7 Å². The minimum atomic E-state index is -0.527. The molecule has 3 aromatic rings. The molecule has 1 N–H and O–H groups in total. The van der Waals surface area contributed by atoms with Crippen LogP contribution in [0.1, 0.15) is 16.7 Å². The molecule has 8 nitrogen and oxygen atoms in total. The Morgan fingerprint density at radius 3 is 2.12 bits per heavy atom. The number of methoxy groups -OCH3 is 1. The van der Waals surface area contributed by atoms with E-state index in [4.69, 9.17) is 4.74 Å². The van der Waals surface area contributed by atoms with E-state index >= 15 is 0 Å². The van der Waals surface area contributed by atoms with Crippen LogP contribution in [0.5, 0.6) is 5.75 Å². The average molecular weight is 443 g/mol. The zero-order valence-electron chi connectivity index (χ0n) is 18.3. The van der Waals surface area contributed by atoms with E-state index in [1.54, 1.807) is 18.2 Å². The number of ether oxygens (including phenoxy) is 1. The molecule has 166 valence electrons. The van der Waals surface area contributed by atoms with Gasteiger partial charge in [-0.15, -0.1) is 0 Å². The topological polar surface area (TPSA) is 102 Å². The number of imide groups is 1. The number of non-ortho nitro benzene ring substituents is 1. The van der Waals surface area contributed by atoms with E-state index in [-0.39, 0.29) is 17.0 Å². The monoisotopic (exact) mass is 443 g/mol. The van der Waals surface area contributed by atoms with Crippen molar-refractivity contribution in [1.29, 1.82) is 0 Å². The molecule has 0 aromatic heterocycles. The molecule has 0 spiro atoms. The lowest BCUT2D eigenvalue weighted by Gasteiger charge is -2.16. The summed E-state index contributed by atoms with van der Waals surface area (Å²) < 4.78 is 5.41. The van der Waals surface area contributed by atoms with Crippen LogP contribution in [-0.2, 0) is 9.59 Å². The fourth-order valence-corrected chi connectivity index (χ4v) is 3.65. The zero-order valence-corrected chi connectivity index (χ0v) is 18.3. The van der Waals surface area contributed by atoms with Crippen molar-refractivity contribution in [3.05, 3.63) is 99.2 Å². The number of nitro groups is 1. The maximum absolute atomic E-state index is 13.5.